The molecule has 8 heteroatoms. The topological polar surface area (TPSA) is 101 Å². The van der Waals surface area contributed by atoms with E-state index in [1.807, 2.05) is 0 Å². The summed E-state index contributed by atoms with van der Waals surface area (Å²) in [7, 11) is -3.63. The van der Waals surface area contributed by atoms with E-state index in [0.29, 0.717) is 6.54 Å². The van der Waals surface area contributed by atoms with Gasteiger partial charge in [-0.3, -0.25) is 10.1 Å². The molecule has 0 bridgehead atoms. The zero-order valence-corrected chi connectivity index (χ0v) is 12.4. The van der Waals surface area contributed by atoms with Crippen molar-refractivity contribution in [3.8, 4) is 0 Å². The van der Waals surface area contributed by atoms with E-state index >= 15 is 0 Å². The molecule has 0 spiro atoms. The highest BCUT2D eigenvalue weighted by atomic mass is 32.2. The Morgan fingerprint density at radius 2 is 1.95 bits per heavy atom. The smallest absolute Gasteiger partial charge is 0.269 e. The molecule has 1 fully saturated rings. The first kappa shape index (κ1) is 15.9. The van der Waals surface area contributed by atoms with Gasteiger partial charge in [-0.05, 0) is 31.5 Å². The first-order valence-electron chi connectivity index (χ1n) is 6.96. The predicted octanol–water partition coefficient (Wildman–Crippen LogP) is 1.41. The Morgan fingerprint density at radius 3 is 2.62 bits per heavy atom. The third kappa shape index (κ3) is 4.48. The van der Waals surface area contributed by atoms with Gasteiger partial charge in [-0.25, -0.2) is 13.1 Å². The number of benzene rings is 1. The van der Waals surface area contributed by atoms with Crippen LogP contribution in [-0.2, 0) is 10.0 Å². The van der Waals surface area contributed by atoms with Gasteiger partial charge in [0.1, 0.15) is 0 Å². The van der Waals surface area contributed by atoms with Gasteiger partial charge < -0.3 is 5.32 Å². The van der Waals surface area contributed by atoms with Gasteiger partial charge in [0.25, 0.3) is 5.69 Å². The molecule has 1 aliphatic heterocycles. The van der Waals surface area contributed by atoms with Crippen LogP contribution >= 0.6 is 0 Å². The van der Waals surface area contributed by atoms with Gasteiger partial charge in [-0.15, -0.1) is 0 Å². The van der Waals surface area contributed by atoms with Crippen LogP contribution in [0.25, 0.3) is 0 Å². The van der Waals surface area contributed by atoms with Crippen LogP contribution in [0.1, 0.15) is 25.7 Å². The lowest BCUT2D eigenvalue weighted by Crippen LogP contribution is -2.40. The van der Waals surface area contributed by atoms with Gasteiger partial charge >= 0.3 is 0 Å². The molecule has 7 nitrogen and oxygen atoms in total. The monoisotopic (exact) mass is 313 g/mol. The zero-order valence-electron chi connectivity index (χ0n) is 11.6. The highest BCUT2D eigenvalue weighted by Crippen LogP contribution is 2.16. The average molecular weight is 313 g/mol. The number of rotatable bonds is 5. The molecule has 1 aromatic rings. The maximum atomic E-state index is 12.1. The van der Waals surface area contributed by atoms with Crippen molar-refractivity contribution >= 4 is 15.7 Å². The Kier molecular flexibility index (Phi) is 5.27. The molecule has 0 saturated carbocycles. The van der Waals surface area contributed by atoms with E-state index in [0.717, 1.165) is 25.8 Å². The summed E-state index contributed by atoms with van der Waals surface area (Å²) in [5.74, 6) is 0. The third-order valence-electron chi connectivity index (χ3n) is 3.54. The van der Waals surface area contributed by atoms with Crippen molar-refractivity contribution in [2.45, 2.75) is 36.6 Å². The number of nitrogens with one attached hydrogen (secondary N) is 2. The summed E-state index contributed by atoms with van der Waals surface area (Å²) in [6, 6.07) is 5.03. The molecule has 2 N–H and O–H groups in total. The molecule has 2 rings (SSSR count). The van der Waals surface area contributed by atoms with E-state index in [2.05, 4.69) is 10.0 Å². The molecule has 0 aliphatic carbocycles. The highest BCUT2D eigenvalue weighted by Gasteiger charge is 2.18. The highest BCUT2D eigenvalue weighted by molar-refractivity contribution is 7.89. The SMILES string of the molecule is O=[N+]([O-])c1ccc(S(=O)(=O)NCC2CCCCCN2)cc1. The lowest BCUT2D eigenvalue weighted by Gasteiger charge is -2.16. The number of non-ortho nitro benzene ring substituents is 1. The van der Waals surface area contributed by atoms with Gasteiger partial charge in [-0.1, -0.05) is 12.8 Å². The predicted molar refractivity (Wildman–Crippen MR) is 78.5 cm³/mol. The fourth-order valence-electron chi connectivity index (χ4n) is 2.32. The summed E-state index contributed by atoms with van der Waals surface area (Å²) >= 11 is 0. The van der Waals surface area contributed by atoms with Crippen molar-refractivity contribution in [2.24, 2.45) is 0 Å². The Balaban J connectivity index is 1.98. The molecule has 1 aromatic carbocycles. The van der Waals surface area contributed by atoms with Crippen LogP contribution in [0, 0.1) is 10.1 Å². The van der Waals surface area contributed by atoms with Crippen molar-refractivity contribution in [1.82, 2.24) is 10.0 Å². The molecule has 1 aliphatic rings. The second-order valence-corrected chi connectivity index (χ2v) is 6.87. The number of hydrogen-bond acceptors (Lipinski definition) is 5. The number of hydrogen-bond donors (Lipinski definition) is 2. The van der Waals surface area contributed by atoms with Crippen LogP contribution < -0.4 is 10.0 Å². The number of nitro groups is 1. The van der Waals surface area contributed by atoms with Gasteiger partial charge in [0.2, 0.25) is 10.0 Å². The largest absolute Gasteiger partial charge is 0.313 e. The second-order valence-electron chi connectivity index (χ2n) is 5.10. The van der Waals surface area contributed by atoms with Crippen molar-refractivity contribution in [3.05, 3.63) is 34.4 Å². The average Bonchev–Trinajstić information content (AvgIpc) is 2.74. The van der Waals surface area contributed by atoms with E-state index in [1.54, 1.807) is 0 Å². The van der Waals surface area contributed by atoms with Crippen LogP contribution in [0.2, 0.25) is 0 Å². The van der Waals surface area contributed by atoms with Crippen LogP contribution in [0.4, 0.5) is 5.69 Å². The summed E-state index contributed by atoms with van der Waals surface area (Å²) < 4.78 is 26.8. The fourth-order valence-corrected chi connectivity index (χ4v) is 3.40. The van der Waals surface area contributed by atoms with Crippen molar-refractivity contribution < 1.29 is 13.3 Å². The molecule has 0 amide bonds. The van der Waals surface area contributed by atoms with Crippen LogP contribution in [0.5, 0.6) is 0 Å². The summed E-state index contributed by atoms with van der Waals surface area (Å²) in [5, 5.41) is 13.9. The second kappa shape index (κ2) is 6.97. The van der Waals surface area contributed by atoms with Crippen LogP contribution in [0.15, 0.2) is 29.2 Å². The maximum Gasteiger partial charge on any atom is 0.269 e. The molecular weight excluding hydrogens is 294 g/mol. The Hall–Kier alpha value is -1.51. The van der Waals surface area contributed by atoms with Gasteiger partial charge in [0, 0.05) is 24.7 Å². The van der Waals surface area contributed by atoms with E-state index in [9.17, 15) is 18.5 Å². The summed E-state index contributed by atoms with van der Waals surface area (Å²) in [5.41, 5.74) is -0.126. The number of nitro benzene ring substituents is 1. The summed E-state index contributed by atoms with van der Waals surface area (Å²) in [6.45, 7) is 1.24. The fraction of sp³-hybridized carbons (Fsp3) is 0.538. The van der Waals surface area contributed by atoms with Crippen molar-refractivity contribution in [2.75, 3.05) is 13.1 Å². The zero-order chi connectivity index (χ0) is 15.3. The quantitative estimate of drug-likeness (QED) is 0.632. The van der Waals surface area contributed by atoms with E-state index in [4.69, 9.17) is 0 Å². The van der Waals surface area contributed by atoms with Crippen molar-refractivity contribution in [3.63, 3.8) is 0 Å². The minimum atomic E-state index is -3.63. The Bertz CT molecular complexity index is 578. The molecular formula is C13H19N3O4S. The molecule has 0 radical (unpaired) electrons. The summed E-state index contributed by atoms with van der Waals surface area (Å²) in [4.78, 5) is 10.0. The molecule has 21 heavy (non-hydrogen) atoms. The normalized spacial score (nSPS) is 19.9. The molecule has 1 atom stereocenters. The number of sulfonamides is 1. The Labute approximate surface area is 123 Å². The van der Waals surface area contributed by atoms with Crippen LogP contribution in [-0.4, -0.2) is 32.5 Å². The number of nitrogens with zero attached hydrogens (tertiary/aromatic N) is 1. The first-order chi connectivity index (χ1) is 9.99. The minimum absolute atomic E-state index is 0.0433. The van der Waals surface area contributed by atoms with Gasteiger partial charge in [-0.2, -0.15) is 0 Å². The Morgan fingerprint density at radius 1 is 1.24 bits per heavy atom. The third-order valence-corrected chi connectivity index (χ3v) is 4.98. The van der Waals surface area contributed by atoms with Crippen molar-refractivity contribution in [1.29, 1.82) is 0 Å². The molecule has 0 aromatic heterocycles. The molecule has 1 unspecified atom stereocenters. The summed E-state index contributed by atoms with van der Waals surface area (Å²) in [6.07, 6.45) is 4.32. The lowest BCUT2D eigenvalue weighted by molar-refractivity contribution is -0.384. The lowest BCUT2D eigenvalue weighted by atomic mass is 10.1. The first-order valence-corrected chi connectivity index (χ1v) is 8.45. The molecule has 116 valence electrons. The van der Waals surface area contributed by atoms with E-state index in [-0.39, 0.29) is 16.6 Å². The molecule has 1 heterocycles. The minimum Gasteiger partial charge on any atom is -0.313 e. The van der Waals surface area contributed by atoms with E-state index < -0.39 is 14.9 Å². The standard InChI is InChI=1S/C13H19N3O4S/c17-16(18)12-5-7-13(8-6-12)21(19,20)15-10-11-4-2-1-3-9-14-11/h5-8,11,14-15H,1-4,9-10H2. The van der Waals surface area contributed by atoms with Gasteiger partial charge in [0.05, 0.1) is 9.82 Å². The van der Waals surface area contributed by atoms with E-state index in [1.165, 1.54) is 30.7 Å². The van der Waals surface area contributed by atoms with Crippen LogP contribution in [0.3, 0.4) is 0 Å². The molecule has 1 saturated heterocycles. The van der Waals surface area contributed by atoms with Gasteiger partial charge in [0.15, 0.2) is 0 Å². The maximum absolute atomic E-state index is 12.1.